The second-order valence-corrected chi connectivity index (χ2v) is 5.77. The number of fused-ring (bicyclic) bond motifs is 3. The molecular weight excluding hydrogens is 234 g/mol. The third-order valence-corrected chi connectivity index (χ3v) is 4.27. The molecule has 0 aliphatic heterocycles. The Hall–Kier alpha value is -1.02. The first-order valence-corrected chi connectivity index (χ1v) is 6.61. The van der Waals surface area contributed by atoms with E-state index in [2.05, 4.69) is 29.6 Å². The topological polar surface area (TPSA) is 29.1 Å². The summed E-state index contributed by atoms with van der Waals surface area (Å²) in [6.07, 6.45) is 1.18. The maximum atomic E-state index is 11.4. The Balaban J connectivity index is 1.60. The van der Waals surface area contributed by atoms with Crippen molar-refractivity contribution in [3.63, 3.8) is 0 Å². The van der Waals surface area contributed by atoms with E-state index in [1.54, 1.807) is 6.92 Å². The maximum Gasteiger partial charge on any atom is 0.237 e. The summed E-state index contributed by atoms with van der Waals surface area (Å²) in [7, 11) is 0. The summed E-state index contributed by atoms with van der Waals surface area (Å²) < 4.78 is 0. The van der Waals surface area contributed by atoms with Gasteiger partial charge < -0.3 is 5.32 Å². The van der Waals surface area contributed by atoms with Crippen molar-refractivity contribution in [1.82, 2.24) is 5.32 Å². The van der Waals surface area contributed by atoms with Crippen LogP contribution in [0.2, 0.25) is 0 Å². The molecule has 1 aromatic rings. The molecule has 2 nitrogen and oxygen atoms in total. The molecule has 1 aromatic carbocycles. The first-order valence-electron chi connectivity index (χ1n) is 6.18. The zero-order valence-electron chi connectivity index (χ0n) is 9.82. The van der Waals surface area contributed by atoms with Gasteiger partial charge in [0.2, 0.25) is 5.91 Å². The smallest absolute Gasteiger partial charge is 0.237 e. The lowest BCUT2D eigenvalue weighted by Gasteiger charge is -2.09. The van der Waals surface area contributed by atoms with Crippen LogP contribution >= 0.6 is 11.6 Å². The van der Waals surface area contributed by atoms with Crippen molar-refractivity contribution < 1.29 is 4.79 Å². The highest BCUT2D eigenvalue weighted by atomic mass is 35.5. The molecule has 2 aliphatic rings. The number of carbonyl (C=O) groups is 1. The van der Waals surface area contributed by atoms with E-state index in [9.17, 15) is 4.79 Å². The Morgan fingerprint density at radius 1 is 1.53 bits per heavy atom. The SMILES string of the molecule is CC(Cl)C(=O)NCC1C2Cc3ccccc3C12. The minimum absolute atomic E-state index is 0.0510. The number of hydrogen-bond acceptors (Lipinski definition) is 1. The van der Waals surface area contributed by atoms with Crippen LogP contribution in [0.4, 0.5) is 0 Å². The van der Waals surface area contributed by atoms with Crippen molar-refractivity contribution in [1.29, 1.82) is 0 Å². The van der Waals surface area contributed by atoms with Gasteiger partial charge in [0, 0.05) is 6.54 Å². The predicted molar refractivity (Wildman–Crippen MR) is 68.2 cm³/mol. The lowest BCUT2D eigenvalue weighted by Crippen LogP contribution is -2.31. The second kappa shape index (κ2) is 4.02. The summed E-state index contributed by atoms with van der Waals surface area (Å²) in [5.41, 5.74) is 2.99. The van der Waals surface area contributed by atoms with E-state index in [1.165, 1.54) is 17.5 Å². The summed E-state index contributed by atoms with van der Waals surface area (Å²) >= 11 is 5.72. The fraction of sp³-hybridized carbons (Fsp3) is 0.500. The molecule has 0 bridgehead atoms. The fourth-order valence-electron chi connectivity index (χ4n) is 3.12. The zero-order valence-corrected chi connectivity index (χ0v) is 10.6. The molecule has 0 radical (unpaired) electrons. The van der Waals surface area contributed by atoms with Crippen LogP contribution in [0.5, 0.6) is 0 Å². The highest BCUT2D eigenvalue weighted by Gasteiger charge is 2.54. The Morgan fingerprint density at radius 2 is 2.29 bits per heavy atom. The van der Waals surface area contributed by atoms with Crippen LogP contribution in [0.15, 0.2) is 24.3 Å². The molecule has 4 unspecified atom stereocenters. The number of amides is 1. The number of hydrogen-bond donors (Lipinski definition) is 1. The number of nitrogens with one attached hydrogen (secondary N) is 1. The van der Waals surface area contributed by atoms with E-state index in [4.69, 9.17) is 11.6 Å². The van der Waals surface area contributed by atoms with Gasteiger partial charge in [-0.05, 0) is 42.2 Å². The van der Waals surface area contributed by atoms with Gasteiger partial charge in [0.1, 0.15) is 5.38 Å². The molecule has 0 saturated heterocycles. The van der Waals surface area contributed by atoms with Crippen LogP contribution in [0, 0.1) is 11.8 Å². The standard InChI is InChI=1S/C14H16ClNO/c1-8(15)14(17)16-7-12-11-6-9-4-2-3-5-10(9)13(11)12/h2-5,8,11-13H,6-7H2,1H3,(H,16,17). The van der Waals surface area contributed by atoms with Gasteiger partial charge in [-0.3, -0.25) is 4.79 Å². The Kier molecular flexibility index (Phi) is 2.62. The summed E-state index contributed by atoms with van der Waals surface area (Å²) in [5, 5.41) is 2.50. The normalized spacial score (nSPS) is 30.4. The van der Waals surface area contributed by atoms with E-state index in [1.807, 2.05) is 0 Å². The van der Waals surface area contributed by atoms with Crippen molar-refractivity contribution in [3.8, 4) is 0 Å². The predicted octanol–water partition coefficient (Wildman–Crippen LogP) is 2.32. The van der Waals surface area contributed by atoms with Crippen molar-refractivity contribution in [2.24, 2.45) is 11.8 Å². The van der Waals surface area contributed by atoms with Crippen LogP contribution < -0.4 is 5.32 Å². The van der Waals surface area contributed by atoms with E-state index in [-0.39, 0.29) is 5.91 Å². The first kappa shape index (κ1) is 11.1. The van der Waals surface area contributed by atoms with Crippen LogP contribution in [-0.2, 0) is 11.2 Å². The van der Waals surface area contributed by atoms with E-state index in [0.29, 0.717) is 11.8 Å². The van der Waals surface area contributed by atoms with Crippen molar-refractivity contribution >= 4 is 17.5 Å². The lowest BCUT2D eigenvalue weighted by molar-refractivity contribution is -0.120. The van der Waals surface area contributed by atoms with Gasteiger partial charge in [-0.25, -0.2) is 0 Å². The number of alkyl halides is 1. The number of benzene rings is 1. The fourth-order valence-corrected chi connectivity index (χ4v) is 3.20. The molecule has 0 heterocycles. The van der Waals surface area contributed by atoms with Gasteiger partial charge in [-0.15, -0.1) is 11.6 Å². The third-order valence-electron chi connectivity index (χ3n) is 4.07. The van der Waals surface area contributed by atoms with Crippen LogP contribution in [0.25, 0.3) is 0 Å². The molecule has 90 valence electrons. The number of halogens is 1. The molecule has 1 saturated carbocycles. The van der Waals surface area contributed by atoms with Crippen LogP contribution in [0.1, 0.15) is 24.0 Å². The zero-order chi connectivity index (χ0) is 12.0. The Morgan fingerprint density at radius 3 is 3.06 bits per heavy atom. The first-order chi connectivity index (χ1) is 8.18. The molecule has 4 atom stereocenters. The Labute approximate surface area is 106 Å². The van der Waals surface area contributed by atoms with Crippen molar-refractivity contribution in [3.05, 3.63) is 35.4 Å². The molecule has 3 rings (SSSR count). The monoisotopic (exact) mass is 249 g/mol. The van der Waals surface area contributed by atoms with Crippen molar-refractivity contribution in [2.45, 2.75) is 24.6 Å². The van der Waals surface area contributed by atoms with Gasteiger partial charge >= 0.3 is 0 Å². The molecule has 1 fully saturated rings. The summed E-state index contributed by atoms with van der Waals surface area (Å²) in [6, 6.07) is 8.66. The molecule has 3 heteroatoms. The summed E-state index contributed by atoms with van der Waals surface area (Å²) in [4.78, 5) is 11.4. The molecule has 2 aliphatic carbocycles. The highest BCUT2D eigenvalue weighted by Crippen LogP contribution is 2.60. The lowest BCUT2D eigenvalue weighted by atomic mass is 10.0. The van der Waals surface area contributed by atoms with Crippen molar-refractivity contribution in [2.75, 3.05) is 6.54 Å². The minimum atomic E-state index is -0.430. The highest BCUT2D eigenvalue weighted by molar-refractivity contribution is 6.30. The van der Waals surface area contributed by atoms with Gasteiger partial charge in [0.25, 0.3) is 0 Å². The third kappa shape index (κ3) is 1.85. The summed E-state index contributed by atoms with van der Waals surface area (Å²) in [6.45, 7) is 2.49. The van der Waals surface area contributed by atoms with Crippen LogP contribution in [0.3, 0.4) is 0 Å². The minimum Gasteiger partial charge on any atom is -0.355 e. The van der Waals surface area contributed by atoms with Crippen LogP contribution in [-0.4, -0.2) is 17.8 Å². The van der Waals surface area contributed by atoms with Gasteiger partial charge in [-0.2, -0.15) is 0 Å². The Bertz CT molecular complexity index is 457. The second-order valence-electron chi connectivity index (χ2n) is 5.12. The average molecular weight is 250 g/mol. The van der Waals surface area contributed by atoms with Gasteiger partial charge in [-0.1, -0.05) is 24.3 Å². The largest absolute Gasteiger partial charge is 0.355 e. The molecular formula is C14H16ClNO. The van der Waals surface area contributed by atoms with Gasteiger partial charge in [0.15, 0.2) is 0 Å². The maximum absolute atomic E-state index is 11.4. The molecule has 1 N–H and O–H groups in total. The molecule has 1 amide bonds. The molecule has 17 heavy (non-hydrogen) atoms. The number of carbonyl (C=O) groups excluding carboxylic acids is 1. The quantitative estimate of drug-likeness (QED) is 0.819. The van der Waals surface area contributed by atoms with E-state index >= 15 is 0 Å². The molecule has 0 aromatic heterocycles. The van der Waals surface area contributed by atoms with E-state index in [0.717, 1.165) is 12.5 Å². The molecule has 0 spiro atoms. The number of rotatable bonds is 3. The summed E-state index contributed by atoms with van der Waals surface area (Å²) in [5.74, 6) is 2.00. The van der Waals surface area contributed by atoms with E-state index < -0.39 is 5.38 Å². The van der Waals surface area contributed by atoms with Gasteiger partial charge in [0.05, 0.1) is 0 Å². The average Bonchev–Trinajstić information content (AvgIpc) is 2.85.